The summed E-state index contributed by atoms with van der Waals surface area (Å²) in [6.07, 6.45) is 0.0507. The number of amides is 1. The molecule has 0 fully saturated rings. The first-order valence-corrected chi connectivity index (χ1v) is 8.30. The number of hydrogen-bond acceptors (Lipinski definition) is 5. The minimum atomic E-state index is -0.241. The first kappa shape index (κ1) is 15.7. The third-order valence-electron chi connectivity index (χ3n) is 3.26. The number of carbonyl (C=O) groups is 1. The van der Waals surface area contributed by atoms with Crippen LogP contribution in [0.1, 0.15) is 29.0 Å². The molecule has 118 valence electrons. The molecule has 2 aromatic heterocycles. The zero-order valence-electron chi connectivity index (χ0n) is 12.3. The fourth-order valence-electron chi connectivity index (χ4n) is 2.21. The summed E-state index contributed by atoms with van der Waals surface area (Å²) < 4.78 is 5.25. The molecule has 0 aliphatic heterocycles. The molecule has 0 aliphatic carbocycles. The number of aromatic nitrogens is 2. The molecule has 0 spiro atoms. The number of benzene rings is 1. The second kappa shape index (κ2) is 6.93. The minimum Gasteiger partial charge on any atom is -0.425 e. The number of hydrogen-bond donors (Lipinski definition) is 1. The van der Waals surface area contributed by atoms with Crippen molar-refractivity contribution in [3.8, 4) is 0 Å². The Morgan fingerprint density at radius 2 is 2.04 bits per heavy atom. The smallest absolute Gasteiger partial charge is 0.230 e. The predicted molar refractivity (Wildman–Crippen MR) is 88.5 cm³/mol. The lowest BCUT2D eigenvalue weighted by Crippen LogP contribution is -2.30. The van der Waals surface area contributed by atoms with Crippen LogP contribution in [0.3, 0.4) is 0 Å². The topological polar surface area (TPSA) is 68.0 Å². The second-order valence-corrected chi connectivity index (χ2v) is 6.22. The van der Waals surface area contributed by atoms with Crippen molar-refractivity contribution in [1.29, 1.82) is 0 Å². The van der Waals surface area contributed by atoms with Crippen LogP contribution in [-0.4, -0.2) is 16.1 Å². The van der Waals surface area contributed by atoms with Gasteiger partial charge >= 0.3 is 0 Å². The van der Waals surface area contributed by atoms with Gasteiger partial charge in [0.1, 0.15) is 6.42 Å². The number of aryl methyl sites for hydroxylation is 1. The molecule has 0 saturated heterocycles. The number of halogens is 1. The van der Waals surface area contributed by atoms with E-state index in [1.807, 2.05) is 41.1 Å². The molecule has 23 heavy (non-hydrogen) atoms. The van der Waals surface area contributed by atoms with Crippen molar-refractivity contribution in [1.82, 2.24) is 15.5 Å². The molecule has 1 aromatic carbocycles. The number of nitrogens with zero attached hydrogens (tertiary/aromatic N) is 2. The van der Waals surface area contributed by atoms with E-state index in [1.54, 1.807) is 18.3 Å². The summed E-state index contributed by atoms with van der Waals surface area (Å²) in [5.74, 6) is 0.569. The Morgan fingerprint density at radius 3 is 2.65 bits per heavy atom. The lowest BCUT2D eigenvalue weighted by molar-refractivity contribution is -0.121. The molecule has 0 unspecified atom stereocenters. The lowest BCUT2D eigenvalue weighted by Gasteiger charge is -2.18. The maximum atomic E-state index is 12.3. The average molecular weight is 348 g/mol. The zero-order chi connectivity index (χ0) is 16.2. The Bertz CT molecular complexity index is 784. The van der Waals surface area contributed by atoms with E-state index >= 15 is 0 Å². The fraction of sp³-hybridized carbons (Fsp3) is 0.188. The van der Waals surface area contributed by atoms with Gasteiger partial charge in [-0.3, -0.25) is 4.79 Å². The molecular weight excluding hydrogens is 334 g/mol. The van der Waals surface area contributed by atoms with E-state index in [0.29, 0.717) is 16.8 Å². The van der Waals surface area contributed by atoms with Gasteiger partial charge in [-0.1, -0.05) is 23.7 Å². The van der Waals surface area contributed by atoms with Gasteiger partial charge in [0.2, 0.25) is 17.7 Å². The summed E-state index contributed by atoms with van der Waals surface area (Å²) in [5.41, 5.74) is 1.98. The maximum Gasteiger partial charge on any atom is 0.230 e. The van der Waals surface area contributed by atoms with Gasteiger partial charge in [0.15, 0.2) is 0 Å². The molecule has 7 heteroatoms. The van der Waals surface area contributed by atoms with Crippen LogP contribution in [-0.2, 0) is 11.2 Å². The minimum absolute atomic E-state index is 0.0507. The lowest BCUT2D eigenvalue weighted by atomic mass is 10.0. The van der Waals surface area contributed by atoms with E-state index < -0.39 is 0 Å². The fourth-order valence-corrected chi connectivity index (χ4v) is 3.02. The van der Waals surface area contributed by atoms with E-state index in [1.165, 1.54) is 0 Å². The van der Waals surface area contributed by atoms with Crippen LogP contribution in [0.4, 0.5) is 0 Å². The number of carbonyl (C=O) groups excluding carboxylic acids is 1. The van der Waals surface area contributed by atoms with Gasteiger partial charge in [-0.15, -0.1) is 10.2 Å². The first-order chi connectivity index (χ1) is 11.1. The van der Waals surface area contributed by atoms with Crippen LogP contribution in [0.15, 0.2) is 45.5 Å². The van der Waals surface area contributed by atoms with Gasteiger partial charge in [-0.05, 0) is 40.1 Å². The summed E-state index contributed by atoms with van der Waals surface area (Å²) in [6, 6.07) is 9.17. The normalized spacial score (nSPS) is 12.1. The second-order valence-electron chi connectivity index (χ2n) is 5.00. The summed E-state index contributed by atoms with van der Waals surface area (Å²) >= 11 is 7.53. The standard InChI is InChI=1S/C16H14ClN3O2S/c1-10-19-20-15(22-10)8-14(21)18-16(12-6-7-23-9-12)11-2-4-13(17)5-3-11/h2-7,9,16H,8H2,1H3,(H,18,21)/t16-/m0/s1. The zero-order valence-corrected chi connectivity index (χ0v) is 13.9. The van der Waals surface area contributed by atoms with Crippen molar-refractivity contribution in [2.45, 2.75) is 19.4 Å². The van der Waals surface area contributed by atoms with Gasteiger partial charge in [0.25, 0.3) is 0 Å². The van der Waals surface area contributed by atoms with Crippen molar-refractivity contribution >= 4 is 28.8 Å². The maximum absolute atomic E-state index is 12.3. The van der Waals surface area contributed by atoms with Crippen LogP contribution in [0, 0.1) is 6.92 Å². The van der Waals surface area contributed by atoms with E-state index in [4.69, 9.17) is 16.0 Å². The Morgan fingerprint density at radius 1 is 1.26 bits per heavy atom. The van der Waals surface area contributed by atoms with E-state index in [9.17, 15) is 4.79 Å². The van der Waals surface area contributed by atoms with E-state index in [0.717, 1.165) is 11.1 Å². The molecule has 5 nitrogen and oxygen atoms in total. The van der Waals surface area contributed by atoms with E-state index in [-0.39, 0.29) is 18.4 Å². The summed E-state index contributed by atoms with van der Waals surface area (Å²) in [5, 5.41) is 15.2. The Hall–Kier alpha value is -2.18. The van der Waals surface area contributed by atoms with Gasteiger partial charge < -0.3 is 9.73 Å². The van der Waals surface area contributed by atoms with E-state index in [2.05, 4.69) is 15.5 Å². The molecule has 0 saturated carbocycles. The molecular formula is C16H14ClN3O2S. The van der Waals surface area contributed by atoms with Crippen LogP contribution < -0.4 is 5.32 Å². The summed E-state index contributed by atoms with van der Waals surface area (Å²) in [6.45, 7) is 1.69. The monoisotopic (exact) mass is 347 g/mol. The van der Waals surface area contributed by atoms with Crippen LogP contribution >= 0.6 is 22.9 Å². The molecule has 1 atom stereocenters. The van der Waals surface area contributed by atoms with Gasteiger partial charge in [-0.2, -0.15) is 11.3 Å². The molecule has 2 heterocycles. The van der Waals surface area contributed by atoms with Crippen LogP contribution in [0.2, 0.25) is 5.02 Å². The van der Waals surface area contributed by atoms with Crippen molar-refractivity contribution in [3.05, 3.63) is 69.0 Å². The first-order valence-electron chi connectivity index (χ1n) is 6.98. The predicted octanol–water partition coefficient (Wildman–Crippen LogP) is 3.54. The third kappa shape index (κ3) is 3.97. The average Bonchev–Trinajstić information content (AvgIpc) is 3.18. The molecule has 0 aliphatic rings. The number of nitrogens with one attached hydrogen (secondary N) is 1. The quantitative estimate of drug-likeness (QED) is 0.766. The molecule has 1 amide bonds. The third-order valence-corrected chi connectivity index (χ3v) is 4.22. The Balaban J connectivity index is 1.78. The highest BCUT2D eigenvalue weighted by molar-refractivity contribution is 7.08. The van der Waals surface area contributed by atoms with Gasteiger partial charge in [0, 0.05) is 11.9 Å². The molecule has 0 radical (unpaired) electrons. The Kier molecular flexibility index (Phi) is 4.73. The van der Waals surface area contributed by atoms with Crippen molar-refractivity contribution in [2.24, 2.45) is 0 Å². The Labute approximate surface area is 142 Å². The molecule has 3 rings (SSSR count). The molecule has 3 aromatic rings. The summed E-state index contributed by atoms with van der Waals surface area (Å²) in [7, 11) is 0. The molecule has 0 bridgehead atoms. The van der Waals surface area contributed by atoms with Gasteiger partial charge in [-0.25, -0.2) is 0 Å². The highest BCUT2D eigenvalue weighted by Crippen LogP contribution is 2.25. The van der Waals surface area contributed by atoms with Crippen molar-refractivity contribution in [2.75, 3.05) is 0 Å². The summed E-state index contributed by atoms with van der Waals surface area (Å²) in [4.78, 5) is 12.3. The molecule has 1 N–H and O–H groups in total. The van der Waals surface area contributed by atoms with Crippen molar-refractivity contribution in [3.63, 3.8) is 0 Å². The largest absolute Gasteiger partial charge is 0.425 e. The highest BCUT2D eigenvalue weighted by Gasteiger charge is 2.19. The number of thiophene rings is 1. The van der Waals surface area contributed by atoms with Crippen molar-refractivity contribution < 1.29 is 9.21 Å². The van der Waals surface area contributed by atoms with Gasteiger partial charge in [0.05, 0.1) is 6.04 Å². The SMILES string of the molecule is Cc1nnc(CC(=O)N[C@@H](c2ccc(Cl)cc2)c2ccsc2)o1. The number of rotatable bonds is 5. The van der Waals surface area contributed by atoms with Crippen LogP contribution in [0.5, 0.6) is 0 Å². The van der Waals surface area contributed by atoms with Crippen LogP contribution in [0.25, 0.3) is 0 Å². The highest BCUT2D eigenvalue weighted by atomic mass is 35.5.